The van der Waals surface area contributed by atoms with Gasteiger partial charge in [-0.05, 0) is 31.2 Å². The minimum Gasteiger partial charge on any atom is -0.361 e. The Bertz CT molecular complexity index is 1040. The van der Waals surface area contributed by atoms with E-state index in [2.05, 4.69) is 25.8 Å². The van der Waals surface area contributed by atoms with Gasteiger partial charge in [-0.1, -0.05) is 17.3 Å². The third kappa shape index (κ3) is 2.60. The van der Waals surface area contributed by atoms with E-state index in [1.807, 2.05) is 30.3 Å². The van der Waals surface area contributed by atoms with E-state index < -0.39 is 0 Å². The zero-order chi connectivity index (χ0) is 16.5. The maximum Gasteiger partial charge on any atom is 0.277 e. The molecule has 3 aromatic heterocycles. The van der Waals surface area contributed by atoms with E-state index in [1.54, 1.807) is 23.6 Å². The Hall–Kier alpha value is -3.55. The topological polar surface area (TPSA) is 98.2 Å². The van der Waals surface area contributed by atoms with Crippen molar-refractivity contribution in [3.05, 3.63) is 60.2 Å². The van der Waals surface area contributed by atoms with E-state index in [0.29, 0.717) is 17.1 Å². The summed E-state index contributed by atoms with van der Waals surface area (Å²) < 4.78 is 6.51. The number of hydrogen-bond donors (Lipinski definition) is 1. The van der Waals surface area contributed by atoms with Crippen LogP contribution in [0.15, 0.2) is 53.3 Å². The fraction of sp³-hybridized carbons (Fsp3) is 0.0625. The molecule has 8 heteroatoms. The average molecular weight is 320 g/mol. The zero-order valence-corrected chi connectivity index (χ0v) is 12.7. The fourth-order valence-corrected chi connectivity index (χ4v) is 2.31. The van der Waals surface area contributed by atoms with Crippen molar-refractivity contribution >= 4 is 17.2 Å². The van der Waals surface area contributed by atoms with E-state index in [1.165, 1.54) is 6.33 Å². The number of aromatic nitrogens is 5. The van der Waals surface area contributed by atoms with Crippen LogP contribution in [0.25, 0.3) is 16.9 Å². The van der Waals surface area contributed by atoms with Crippen LogP contribution in [0.1, 0.15) is 16.2 Å². The molecule has 0 aliphatic carbocycles. The van der Waals surface area contributed by atoms with Gasteiger partial charge < -0.3 is 9.84 Å². The molecule has 0 saturated carbocycles. The molecule has 1 aromatic carbocycles. The molecular weight excluding hydrogens is 308 g/mol. The summed E-state index contributed by atoms with van der Waals surface area (Å²) in [5.74, 6) is 0.256. The van der Waals surface area contributed by atoms with E-state index >= 15 is 0 Å². The number of aryl methyl sites for hydroxylation is 1. The molecule has 0 spiro atoms. The minimum absolute atomic E-state index is 0.238. The van der Waals surface area contributed by atoms with Crippen molar-refractivity contribution in [2.45, 2.75) is 6.92 Å². The van der Waals surface area contributed by atoms with E-state index in [0.717, 1.165) is 11.3 Å². The molecule has 0 radical (unpaired) electrons. The summed E-state index contributed by atoms with van der Waals surface area (Å²) in [6, 6.07) is 12.7. The highest BCUT2D eigenvalue weighted by Crippen LogP contribution is 2.21. The second kappa shape index (κ2) is 5.58. The summed E-state index contributed by atoms with van der Waals surface area (Å²) in [5.41, 5.74) is 3.16. The van der Waals surface area contributed by atoms with Gasteiger partial charge in [-0.15, -0.1) is 10.2 Å². The van der Waals surface area contributed by atoms with E-state index in [-0.39, 0.29) is 11.6 Å². The van der Waals surface area contributed by atoms with E-state index in [9.17, 15) is 4.79 Å². The van der Waals surface area contributed by atoms with Crippen LogP contribution in [-0.4, -0.2) is 30.9 Å². The first-order chi connectivity index (χ1) is 11.7. The Morgan fingerprint density at radius 2 is 2.12 bits per heavy atom. The number of benzene rings is 1. The third-order valence-corrected chi connectivity index (χ3v) is 3.44. The molecule has 0 saturated heterocycles. The van der Waals surface area contributed by atoms with Gasteiger partial charge in [0.05, 0.1) is 5.69 Å². The van der Waals surface area contributed by atoms with Crippen LogP contribution in [0.4, 0.5) is 5.69 Å². The number of nitrogens with zero attached hydrogens (tertiary/aromatic N) is 5. The lowest BCUT2D eigenvalue weighted by atomic mass is 10.1. The molecule has 0 aliphatic rings. The first kappa shape index (κ1) is 14.1. The summed E-state index contributed by atoms with van der Waals surface area (Å²) in [7, 11) is 0. The molecule has 1 N–H and O–H groups in total. The number of amides is 1. The van der Waals surface area contributed by atoms with Crippen LogP contribution in [0.5, 0.6) is 0 Å². The largest absolute Gasteiger partial charge is 0.361 e. The molecule has 0 bridgehead atoms. The average Bonchev–Trinajstić information content (AvgIpc) is 3.23. The summed E-state index contributed by atoms with van der Waals surface area (Å²) in [4.78, 5) is 12.1. The number of hydrogen-bond acceptors (Lipinski definition) is 6. The van der Waals surface area contributed by atoms with Gasteiger partial charge in [-0.25, -0.2) is 0 Å². The van der Waals surface area contributed by atoms with Crippen molar-refractivity contribution in [2.24, 2.45) is 0 Å². The lowest BCUT2D eigenvalue weighted by Gasteiger charge is -2.06. The Morgan fingerprint density at radius 3 is 2.96 bits per heavy atom. The normalized spacial score (nSPS) is 10.9. The highest BCUT2D eigenvalue weighted by atomic mass is 16.5. The molecule has 0 aliphatic heterocycles. The smallest absolute Gasteiger partial charge is 0.277 e. The summed E-state index contributed by atoms with van der Waals surface area (Å²) in [5, 5.41) is 18.7. The minimum atomic E-state index is -0.328. The molecule has 1 amide bonds. The number of anilines is 1. The van der Waals surface area contributed by atoms with Gasteiger partial charge in [0.1, 0.15) is 12.1 Å². The van der Waals surface area contributed by atoms with Crippen LogP contribution in [0.3, 0.4) is 0 Å². The number of carbonyl (C=O) groups is 1. The van der Waals surface area contributed by atoms with Crippen molar-refractivity contribution in [3.8, 4) is 11.3 Å². The van der Waals surface area contributed by atoms with Gasteiger partial charge in [-0.2, -0.15) is 9.61 Å². The van der Waals surface area contributed by atoms with Crippen LogP contribution in [-0.2, 0) is 0 Å². The lowest BCUT2D eigenvalue weighted by Crippen LogP contribution is -2.12. The summed E-state index contributed by atoms with van der Waals surface area (Å²) >= 11 is 0. The molecule has 4 rings (SSSR count). The van der Waals surface area contributed by atoms with Crippen molar-refractivity contribution in [2.75, 3.05) is 5.32 Å². The molecule has 118 valence electrons. The number of nitrogens with one attached hydrogen (secondary N) is 1. The van der Waals surface area contributed by atoms with Gasteiger partial charge >= 0.3 is 0 Å². The molecule has 8 nitrogen and oxygen atoms in total. The summed E-state index contributed by atoms with van der Waals surface area (Å²) in [6.07, 6.45) is 1.54. The standard InChI is InChI=1S/C16H12N6O2/c1-10-7-14(21-24-10)16(23)18-12-4-2-3-11(8-12)13-5-6-15-19-17-9-22(15)20-13/h2-9H,1H3,(H,18,23). The van der Waals surface area contributed by atoms with Crippen LogP contribution >= 0.6 is 0 Å². The second-order valence-electron chi connectivity index (χ2n) is 5.21. The molecule has 24 heavy (non-hydrogen) atoms. The summed E-state index contributed by atoms with van der Waals surface area (Å²) in [6.45, 7) is 1.73. The van der Waals surface area contributed by atoms with Gasteiger partial charge in [0.25, 0.3) is 5.91 Å². The van der Waals surface area contributed by atoms with Gasteiger partial charge in [0, 0.05) is 17.3 Å². The first-order valence-corrected chi connectivity index (χ1v) is 7.21. The zero-order valence-electron chi connectivity index (χ0n) is 12.7. The maximum absolute atomic E-state index is 12.1. The predicted molar refractivity (Wildman–Crippen MR) is 85.4 cm³/mol. The Balaban J connectivity index is 1.62. The van der Waals surface area contributed by atoms with E-state index in [4.69, 9.17) is 4.52 Å². The predicted octanol–water partition coefficient (Wildman–Crippen LogP) is 2.34. The highest BCUT2D eigenvalue weighted by Gasteiger charge is 2.12. The van der Waals surface area contributed by atoms with Crippen molar-refractivity contribution in [3.63, 3.8) is 0 Å². The molecular formula is C16H12N6O2. The highest BCUT2D eigenvalue weighted by molar-refractivity contribution is 6.03. The molecule has 3 heterocycles. The van der Waals surface area contributed by atoms with Crippen LogP contribution in [0.2, 0.25) is 0 Å². The molecule has 0 unspecified atom stereocenters. The number of carbonyl (C=O) groups excluding carboxylic acids is 1. The van der Waals surface area contributed by atoms with Crippen molar-refractivity contribution in [1.29, 1.82) is 0 Å². The van der Waals surface area contributed by atoms with Crippen molar-refractivity contribution < 1.29 is 9.32 Å². The van der Waals surface area contributed by atoms with Gasteiger partial charge in [-0.3, -0.25) is 4.79 Å². The number of fused-ring (bicyclic) bond motifs is 1. The van der Waals surface area contributed by atoms with Gasteiger partial charge in [0.15, 0.2) is 11.3 Å². The Morgan fingerprint density at radius 1 is 1.21 bits per heavy atom. The number of rotatable bonds is 3. The fourth-order valence-electron chi connectivity index (χ4n) is 2.31. The molecule has 0 fully saturated rings. The first-order valence-electron chi connectivity index (χ1n) is 7.21. The van der Waals surface area contributed by atoms with Crippen LogP contribution < -0.4 is 5.32 Å². The molecule has 0 atom stereocenters. The Labute approximate surface area is 136 Å². The van der Waals surface area contributed by atoms with Crippen LogP contribution in [0, 0.1) is 6.92 Å². The molecule has 4 aromatic rings. The van der Waals surface area contributed by atoms with Crippen molar-refractivity contribution in [1.82, 2.24) is 25.0 Å². The van der Waals surface area contributed by atoms with Gasteiger partial charge in [0.2, 0.25) is 0 Å². The monoisotopic (exact) mass is 320 g/mol. The lowest BCUT2D eigenvalue weighted by molar-refractivity contribution is 0.101. The quantitative estimate of drug-likeness (QED) is 0.622. The Kier molecular flexibility index (Phi) is 3.27. The SMILES string of the molecule is Cc1cc(C(=O)Nc2cccc(-c3ccc4nncn4n3)c2)no1. The second-order valence-corrected chi connectivity index (χ2v) is 5.21. The maximum atomic E-state index is 12.1. The third-order valence-electron chi connectivity index (χ3n) is 3.44.